The van der Waals surface area contributed by atoms with Crippen molar-refractivity contribution < 1.29 is 9.53 Å². The number of amides is 1. The van der Waals surface area contributed by atoms with Gasteiger partial charge in [-0.25, -0.2) is 4.98 Å². The fourth-order valence-electron chi connectivity index (χ4n) is 1.34. The molecule has 18 heavy (non-hydrogen) atoms. The van der Waals surface area contributed by atoms with Crippen LogP contribution in [-0.2, 0) is 4.79 Å². The molecule has 2 rings (SSSR count). The number of ether oxygens (including phenoxy) is 1. The van der Waals surface area contributed by atoms with E-state index in [2.05, 4.69) is 10.3 Å². The highest BCUT2D eigenvalue weighted by molar-refractivity contribution is 6.30. The highest BCUT2D eigenvalue weighted by atomic mass is 35.5. The van der Waals surface area contributed by atoms with Crippen molar-refractivity contribution in [2.45, 2.75) is 0 Å². The number of rotatable bonds is 4. The second-order valence-electron chi connectivity index (χ2n) is 3.52. The molecule has 0 atom stereocenters. The lowest BCUT2D eigenvalue weighted by molar-refractivity contribution is -0.118. The van der Waals surface area contributed by atoms with Crippen LogP contribution < -0.4 is 10.1 Å². The Morgan fingerprint density at radius 3 is 2.89 bits per heavy atom. The molecule has 1 aromatic heterocycles. The van der Waals surface area contributed by atoms with Crippen LogP contribution in [0, 0.1) is 0 Å². The second-order valence-corrected chi connectivity index (χ2v) is 3.95. The van der Waals surface area contributed by atoms with E-state index in [1.807, 2.05) is 0 Å². The van der Waals surface area contributed by atoms with Crippen LogP contribution in [0.5, 0.6) is 5.88 Å². The van der Waals surface area contributed by atoms with Gasteiger partial charge in [0.15, 0.2) is 6.61 Å². The molecular weight excluding hydrogens is 252 g/mol. The van der Waals surface area contributed by atoms with E-state index in [1.165, 1.54) is 0 Å². The summed E-state index contributed by atoms with van der Waals surface area (Å²) in [6, 6.07) is 12.2. The summed E-state index contributed by atoms with van der Waals surface area (Å²) < 4.78 is 5.21. The minimum atomic E-state index is -0.261. The molecule has 4 nitrogen and oxygen atoms in total. The third-order valence-electron chi connectivity index (χ3n) is 2.10. The summed E-state index contributed by atoms with van der Waals surface area (Å²) >= 11 is 5.81. The van der Waals surface area contributed by atoms with E-state index in [0.29, 0.717) is 16.6 Å². The van der Waals surface area contributed by atoms with E-state index in [4.69, 9.17) is 16.3 Å². The predicted molar refractivity (Wildman–Crippen MR) is 69.8 cm³/mol. The lowest BCUT2D eigenvalue weighted by Gasteiger charge is -2.06. The van der Waals surface area contributed by atoms with Crippen molar-refractivity contribution in [1.29, 1.82) is 0 Å². The molecule has 2 aromatic rings. The Kier molecular flexibility index (Phi) is 4.15. The van der Waals surface area contributed by atoms with E-state index >= 15 is 0 Å². The Labute approximate surface area is 110 Å². The SMILES string of the molecule is O=C(COc1ccccn1)Nc1cccc(Cl)c1. The van der Waals surface area contributed by atoms with Gasteiger partial charge in [0.25, 0.3) is 5.91 Å². The Morgan fingerprint density at radius 1 is 1.28 bits per heavy atom. The summed E-state index contributed by atoms with van der Waals surface area (Å²) in [6.45, 7) is -0.0937. The van der Waals surface area contributed by atoms with E-state index in [0.717, 1.165) is 0 Å². The number of hydrogen-bond acceptors (Lipinski definition) is 3. The minimum Gasteiger partial charge on any atom is -0.468 e. The van der Waals surface area contributed by atoms with Gasteiger partial charge in [0.05, 0.1) is 0 Å². The smallest absolute Gasteiger partial charge is 0.262 e. The van der Waals surface area contributed by atoms with Crippen molar-refractivity contribution >= 4 is 23.2 Å². The zero-order valence-electron chi connectivity index (χ0n) is 9.47. The Balaban J connectivity index is 1.86. The third-order valence-corrected chi connectivity index (χ3v) is 2.33. The van der Waals surface area contributed by atoms with Crippen molar-refractivity contribution in [2.24, 2.45) is 0 Å². The monoisotopic (exact) mass is 262 g/mol. The number of anilines is 1. The number of benzene rings is 1. The average Bonchev–Trinajstić information content (AvgIpc) is 2.38. The van der Waals surface area contributed by atoms with Crippen molar-refractivity contribution in [1.82, 2.24) is 4.98 Å². The average molecular weight is 263 g/mol. The second kappa shape index (κ2) is 6.02. The summed E-state index contributed by atoms with van der Waals surface area (Å²) in [4.78, 5) is 15.5. The summed E-state index contributed by atoms with van der Waals surface area (Å²) in [5.41, 5.74) is 0.636. The molecule has 1 amide bonds. The highest BCUT2D eigenvalue weighted by Crippen LogP contribution is 2.14. The van der Waals surface area contributed by atoms with Gasteiger partial charge in [-0.2, -0.15) is 0 Å². The summed E-state index contributed by atoms with van der Waals surface area (Å²) in [5, 5.41) is 3.24. The van der Waals surface area contributed by atoms with E-state index in [-0.39, 0.29) is 12.5 Å². The number of halogens is 1. The molecule has 0 radical (unpaired) electrons. The molecule has 1 N–H and O–H groups in total. The van der Waals surface area contributed by atoms with E-state index < -0.39 is 0 Å². The number of aromatic nitrogens is 1. The van der Waals surface area contributed by atoms with Gasteiger partial charge < -0.3 is 10.1 Å². The molecule has 1 aromatic carbocycles. The molecule has 0 saturated heterocycles. The number of nitrogens with zero attached hydrogens (tertiary/aromatic N) is 1. The van der Waals surface area contributed by atoms with Gasteiger partial charge in [-0.1, -0.05) is 23.7 Å². The maximum atomic E-state index is 11.6. The maximum absolute atomic E-state index is 11.6. The number of hydrogen-bond donors (Lipinski definition) is 1. The highest BCUT2D eigenvalue weighted by Gasteiger charge is 2.04. The van der Waals surface area contributed by atoms with Crippen molar-refractivity contribution in [3.8, 4) is 5.88 Å². The van der Waals surface area contributed by atoms with Crippen LogP contribution in [-0.4, -0.2) is 17.5 Å². The molecule has 0 spiro atoms. The number of carbonyl (C=O) groups excluding carboxylic acids is 1. The van der Waals surface area contributed by atoms with Crippen LogP contribution in [0.2, 0.25) is 5.02 Å². The van der Waals surface area contributed by atoms with Gasteiger partial charge in [-0.05, 0) is 24.3 Å². The normalized spacial score (nSPS) is 9.83. The molecule has 5 heteroatoms. The first-order valence-electron chi connectivity index (χ1n) is 5.33. The van der Waals surface area contributed by atoms with Crippen LogP contribution in [0.25, 0.3) is 0 Å². The van der Waals surface area contributed by atoms with Gasteiger partial charge in [0.1, 0.15) is 0 Å². The zero-order chi connectivity index (χ0) is 12.8. The summed E-state index contributed by atoms with van der Waals surface area (Å²) in [6.07, 6.45) is 1.60. The molecule has 0 saturated carbocycles. The quantitative estimate of drug-likeness (QED) is 0.922. The van der Waals surface area contributed by atoms with Crippen molar-refractivity contribution in [3.63, 3.8) is 0 Å². The molecular formula is C13H11ClN2O2. The van der Waals surface area contributed by atoms with Gasteiger partial charge in [-0.15, -0.1) is 0 Å². The van der Waals surface area contributed by atoms with Crippen LogP contribution in [0.1, 0.15) is 0 Å². The van der Waals surface area contributed by atoms with E-state index in [1.54, 1.807) is 48.7 Å². The largest absolute Gasteiger partial charge is 0.468 e. The first-order valence-corrected chi connectivity index (χ1v) is 5.71. The molecule has 0 aliphatic carbocycles. The van der Waals surface area contributed by atoms with Crippen LogP contribution in [0.3, 0.4) is 0 Å². The lowest BCUT2D eigenvalue weighted by Crippen LogP contribution is -2.20. The summed E-state index contributed by atoms with van der Waals surface area (Å²) in [7, 11) is 0. The van der Waals surface area contributed by atoms with Crippen molar-refractivity contribution in [2.75, 3.05) is 11.9 Å². The Morgan fingerprint density at radius 2 is 2.17 bits per heavy atom. The standard InChI is InChI=1S/C13H11ClN2O2/c14-10-4-3-5-11(8-10)16-12(17)9-18-13-6-1-2-7-15-13/h1-8H,9H2,(H,16,17). The Hall–Kier alpha value is -2.07. The fraction of sp³-hybridized carbons (Fsp3) is 0.0769. The molecule has 1 heterocycles. The van der Waals surface area contributed by atoms with Gasteiger partial charge >= 0.3 is 0 Å². The number of pyridine rings is 1. The predicted octanol–water partition coefficient (Wildman–Crippen LogP) is 2.75. The number of nitrogens with one attached hydrogen (secondary N) is 1. The zero-order valence-corrected chi connectivity index (χ0v) is 10.2. The van der Waals surface area contributed by atoms with E-state index in [9.17, 15) is 4.79 Å². The van der Waals surface area contributed by atoms with Gasteiger partial charge in [0, 0.05) is 23.0 Å². The number of carbonyl (C=O) groups is 1. The molecule has 0 unspecified atom stereocenters. The van der Waals surface area contributed by atoms with Gasteiger partial charge in [-0.3, -0.25) is 4.79 Å². The molecule has 0 fully saturated rings. The summed E-state index contributed by atoms with van der Waals surface area (Å²) in [5.74, 6) is 0.154. The maximum Gasteiger partial charge on any atom is 0.262 e. The van der Waals surface area contributed by atoms with Crippen LogP contribution in [0.15, 0.2) is 48.7 Å². The first kappa shape index (κ1) is 12.4. The molecule has 92 valence electrons. The van der Waals surface area contributed by atoms with Crippen LogP contribution >= 0.6 is 11.6 Å². The Bertz CT molecular complexity index is 532. The lowest BCUT2D eigenvalue weighted by atomic mass is 10.3. The van der Waals surface area contributed by atoms with Crippen molar-refractivity contribution in [3.05, 3.63) is 53.7 Å². The molecule has 0 aliphatic rings. The topological polar surface area (TPSA) is 51.2 Å². The third kappa shape index (κ3) is 3.75. The molecule has 0 bridgehead atoms. The minimum absolute atomic E-state index is 0.0937. The first-order chi connectivity index (χ1) is 8.74. The molecule has 0 aliphatic heterocycles. The van der Waals surface area contributed by atoms with Gasteiger partial charge in [0.2, 0.25) is 5.88 Å². The fourth-order valence-corrected chi connectivity index (χ4v) is 1.53. The van der Waals surface area contributed by atoms with Crippen LogP contribution in [0.4, 0.5) is 5.69 Å².